The Kier molecular flexibility index (Phi) is 4.79. The van der Waals surface area contributed by atoms with Gasteiger partial charge >= 0.3 is 6.03 Å². The summed E-state index contributed by atoms with van der Waals surface area (Å²) in [5.74, 6) is 0.452. The first-order chi connectivity index (χ1) is 13.5. The van der Waals surface area contributed by atoms with E-state index in [1.807, 2.05) is 13.0 Å². The van der Waals surface area contributed by atoms with Crippen LogP contribution in [0.4, 0.5) is 20.7 Å². The Bertz CT molecular complexity index is 1060. The fourth-order valence-electron chi connectivity index (χ4n) is 2.88. The van der Waals surface area contributed by atoms with Gasteiger partial charge in [0.2, 0.25) is 0 Å². The van der Waals surface area contributed by atoms with E-state index in [4.69, 9.17) is 16.3 Å². The minimum absolute atomic E-state index is 0.0239. The molecule has 0 fully saturated rings. The quantitative estimate of drug-likeness (QED) is 0.668. The number of halogens is 2. The molecule has 142 valence electrons. The summed E-state index contributed by atoms with van der Waals surface area (Å²) in [7, 11) is 0. The molecule has 1 N–H and O–H groups in total. The highest BCUT2D eigenvalue weighted by Gasteiger charge is 2.28. The minimum atomic E-state index is -0.434. The number of pyridine rings is 1. The fourth-order valence-corrected chi connectivity index (χ4v) is 3.07. The number of ether oxygens (including phenoxy) is 1. The third-order valence-electron chi connectivity index (χ3n) is 4.36. The molecule has 2 aromatic heterocycles. The van der Waals surface area contributed by atoms with Crippen molar-refractivity contribution in [2.24, 2.45) is 0 Å². The molecule has 0 unspecified atom stereocenters. The van der Waals surface area contributed by atoms with Crippen LogP contribution in [0.25, 0.3) is 0 Å². The lowest BCUT2D eigenvalue weighted by molar-refractivity contribution is 0.255. The summed E-state index contributed by atoms with van der Waals surface area (Å²) in [5.41, 5.74) is 2.34. The van der Waals surface area contributed by atoms with E-state index in [9.17, 15) is 9.18 Å². The number of benzene rings is 1. The number of nitrogens with zero attached hydrogens (tertiary/aromatic N) is 4. The monoisotopic (exact) mass is 399 g/mol. The predicted molar refractivity (Wildman–Crippen MR) is 102 cm³/mol. The van der Waals surface area contributed by atoms with Gasteiger partial charge < -0.3 is 4.74 Å². The van der Waals surface area contributed by atoms with Gasteiger partial charge in [0.15, 0.2) is 0 Å². The smallest absolute Gasteiger partial charge is 0.327 e. The van der Waals surface area contributed by atoms with E-state index >= 15 is 0 Å². The molecule has 3 heterocycles. The van der Waals surface area contributed by atoms with Gasteiger partial charge in [-0.1, -0.05) is 17.7 Å². The van der Waals surface area contributed by atoms with Crippen LogP contribution < -0.4 is 15.0 Å². The van der Waals surface area contributed by atoms with E-state index in [2.05, 4.69) is 20.3 Å². The molecule has 1 aliphatic heterocycles. The van der Waals surface area contributed by atoms with E-state index in [1.165, 1.54) is 29.6 Å². The molecule has 0 saturated heterocycles. The SMILES string of the molecule is Cc1ccc(OCc2ncccc2F)cc1N1Cc2c(Cl)ncnc2NC1=O. The van der Waals surface area contributed by atoms with Crippen LogP contribution >= 0.6 is 11.6 Å². The Morgan fingerprint density at radius 2 is 2.14 bits per heavy atom. The van der Waals surface area contributed by atoms with Crippen LogP contribution in [-0.2, 0) is 13.2 Å². The topological polar surface area (TPSA) is 80.2 Å². The Morgan fingerprint density at radius 3 is 2.96 bits per heavy atom. The minimum Gasteiger partial charge on any atom is -0.487 e. The van der Waals surface area contributed by atoms with Gasteiger partial charge in [0.05, 0.1) is 17.8 Å². The standard InChI is InChI=1S/C19H15ClFN5O2/c1-11-4-5-12(28-9-15-14(21)3-2-6-22-15)7-16(11)26-8-13-17(20)23-10-24-18(13)25-19(26)27/h2-7,10H,8-9H2,1H3,(H,23,24,25,27). The maximum absolute atomic E-state index is 13.7. The number of fused-ring (bicyclic) bond motifs is 1. The second-order valence-corrected chi connectivity index (χ2v) is 6.53. The molecule has 1 aromatic carbocycles. The zero-order valence-corrected chi connectivity index (χ0v) is 15.6. The van der Waals surface area contributed by atoms with Gasteiger partial charge in [-0.25, -0.2) is 19.2 Å². The zero-order valence-electron chi connectivity index (χ0n) is 14.8. The molecule has 28 heavy (non-hydrogen) atoms. The number of hydrogen-bond acceptors (Lipinski definition) is 5. The average molecular weight is 400 g/mol. The highest BCUT2D eigenvalue weighted by atomic mass is 35.5. The van der Waals surface area contributed by atoms with Crippen molar-refractivity contribution >= 4 is 29.1 Å². The normalized spacial score (nSPS) is 13.1. The van der Waals surface area contributed by atoms with Crippen LogP contribution in [-0.4, -0.2) is 21.0 Å². The molecule has 0 aliphatic carbocycles. The molecular formula is C19H15ClFN5O2. The van der Waals surface area contributed by atoms with Crippen molar-refractivity contribution in [2.45, 2.75) is 20.1 Å². The second-order valence-electron chi connectivity index (χ2n) is 6.18. The lowest BCUT2D eigenvalue weighted by Gasteiger charge is -2.30. The predicted octanol–water partition coefficient (Wildman–Crippen LogP) is 4.10. The zero-order chi connectivity index (χ0) is 19.7. The van der Waals surface area contributed by atoms with Crippen molar-refractivity contribution in [1.82, 2.24) is 15.0 Å². The molecule has 2 amide bonds. The molecule has 4 rings (SSSR count). The summed E-state index contributed by atoms with van der Waals surface area (Å²) in [6.45, 7) is 2.08. The number of nitrogens with one attached hydrogen (secondary N) is 1. The summed E-state index contributed by atoms with van der Waals surface area (Å²) in [5, 5.41) is 3.00. The number of aryl methyl sites for hydroxylation is 1. The molecule has 0 spiro atoms. The first-order valence-electron chi connectivity index (χ1n) is 8.43. The Hall–Kier alpha value is -3.26. The van der Waals surface area contributed by atoms with Gasteiger partial charge in [-0.05, 0) is 30.7 Å². The molecular weight excluding hydrogens is 385 g/mol. The molecule has 9 heteroatoms. The number of carbonyl (C=O) groups excluding carboxylic acids is 1. The van der Waals surface area contributed by atoms with Crippen molar-refractivity contribution in [3.05, 3.63) is 70.6 Å². The number of urea groups is 1. The lowest BCUT2D eigenvalue weighted by Crippen LogP contribution is -2.39. The van der Waals surface area contributed by atoms with E-state index in [-0.39, 0.29) is 30.0 Å². The first kappa shape index (κ1) is 18.1. The summed E-state index contributed by atoms with van der Waals surface area (Å²) < 4.78 is 19.4. The van der Waals surface area contributed by atoms with Gasteiger partial charge in [-0.3, -0.25) is 15.2 Å². The summed E-state index contributed by atoms with van der Waals surface area (Å²) in [6, 6.07) is 7.81. The summed E-state index contributed by atoms with van der Waals surface area (Å²) >= 11 is 6.15. The summed E-state index contributed by atoms with van der Waals surface area (Å²) in [6.07, 6.45) is 2.80. The fraction of sp³-hybridized carbons (Fsp3) is 0.158. The molecule has 7 nitrogen and oxygen atoms in total. The van der Waals surface area contributed by atoms with Crippen molar-refractivity contribution < 1.29 is 13.9 Å². The van der Waals surface area contributed by atoms with Crippen LogP contribution in [0, 0.1) is 12.7 Å². The van der Waals surface area contributed by atoms with Crippen LogP contribution in [0.2, 0.25) is 5.15 Å². The molecule has 3 aromatic rings. The van der Waals surface area contributed by atoms with Gasteiger partial charge in [-0.2, -0.15) is 0 Å². The molecule has 0 atom stereocenters. The second kappa shape index (κ2) is 7.40. The Labute approximate surface area is 165 Å². The third kappa shape index (κ3) is 3.46. The van der Waals surface area contributed by atoms with Crippen molar-refractivity contribution in [2.75, 3.05) is 10.2 Å². The maximum Gasteiger partial charge on any atom is 0.327 e. The largest absolute Gasteiger partial charge is 0.487 e. The van der Waals surface area contributed by atoms with Crippen molar-refractivity contribution in [3.63, 3.8) is 0 Å². The first-order valence-corrected chi connectivity index (χ1v) is 8.81. The van der Waals surface area contributed by atoms with Crippen LogP contribution in [0.3, 0.4) is 0 Å². The number of anilines is 2. The Balaban J connectivity index is 1.60. The van der Waals surface area contributed by atoms with E-state index in [1.54, 1.807) is 12.1 Å². The molecule has 0 saturated carbocycles. The number of carbonyl (C=O) groups is 1. The van der Waals surface area contributed by atoms with Crippen LogP contribution in [0.5, 0.6) is 5.75 Å². The van der Waals surface area contributed by atoms with Gasteiger partial charge in [0, 0.05) is 12.3 Å². The van der Waals surface area contributed by atoms with Crippen LogP contribution in [0.1, 0.15) is 16.8 Å². The number of rotatable bonds is 4. The Morgan fingerprint density at radius 1 is 1.29 bits per heavy atom. The van der Waals surface area contributed by atoms with Crippen LogP contribution in [0.15, 0.2) is 42.9 Å². The van der Waals surface area contributed by atoms with Crippen molar-refractivity contribution in [3.8, 4) is 5.75 Å². The van der Waals surface area contributed by atoms with E-state index in [0.29, 0.717) is 22.8 Å². The van der Waals surface area contributed by atoms with Crippen molar-refractivity contribution in [1.29, 1.82) is 0 Å². The lowest BCUT2D eigenvalue weighted by atomic mass is 10.1. The number of amides is 2. The number of hydrogen-bond donors (Lipinski definition) is 1. The highest BCUT2D eigenvalue weighted by molar-refractivity contribution is 6.30. The molecule has 0 bridgehead atoms. The maximum atomic E-state index is 13.7. The third-order valence-corrected chi connectivity index (χ3v) is 4.69. The van der Waals surface area contributed by atoms with Gasteiger partial charge in [-0.15, -0.1) is 0 Å². The molecule has 1 aliphatic rings. The highest BCUT2D eigenvalue weighted by Crippen LogP contribution is 2.33. The number of aromatic nitrogens is 3. The average Bonchev–Trinajstić information content (AvgIpc) is 2.68. The van der Waals surface area contributed by atoms with E-state index < -0.39 is 5.82 Å². The van der Waals surface area contributed by atoms with Gasteiger partial charge in [0.25, 0.3) is 0 Å². The van der Waals surface area contributed by atoms with Gasteiger partial charge in [0.1, 0.15) is 41.2 Å². The summed E-state index contributed by atoms with van der Waals surface area (Å²) in [4.78, 5) is 26.1. The van der Waals surface area contributed by atoms with E-state index in [0.717, 1.165) is 5.56 Å². The molecule has 0 radical (unpaired) electrons.